The molecule has 82 valence electrons. The van der Waals surface area contributed by atoms with Crippen molar-refractivity contribution in [1.29, 1.82) is 0 Å². The van der Waals surface area contributed by atoms with Crippen molar-refractivity contribution in [1.82, 2.24) is 14.9 Å². The van der Waals surface area contributed by atoms with E-state index >= 15 is 0 Å². The predicted molar refractivity (Wildman–Crippen MR) is 57.7 cm³/mol. The second-order valence-corrected chi connectivity index (χ2v) is 4.11. The molecule has 1 aliphatic rings. The van der Waals surface area contributed by atoms with Gasteiger partial charge in [0, 0.05) is 24.9 Å². The molecule has 0 aromatic carbocycles. The number of rotatable bonds is 3. The van der Waals surface area contributed by atoms with E-state index in [4.69, 9.17) is 4.74 Å². The van der Waals surface area contributed by atoms with Crippen LogP contribution in [0.3, 0.4) is 0 Å². The lowest BCUT2D eigenvalue weighted by Crippen LogP contribution is -2.34. The van der Waals surface area contributed by atoms with Gasteiger partial charge in [0.15, 0.2) is 0 Å². The normalized spacial score (nSPS) is 22.6. The molecule has 1 aliphatic heterocycles. The summed E-state index contributed by atoms with van der Waals surface area (Å²) in [5.74, 6) is 0.618. The van der Waals surface area contributed by atoms with E-state index in [0.29, 0.717) is 11.9 Å². The van der Waals surface area contributed by atoms with E-state index < -0.39 is 0 Å². The molecule has 4 nitrogen and oxygen atoms in total. The van der Waals surface area contributed by atoms with Crippen LogP contribution in [0.15, 0.2) is 18.5 Å². The van der Waals surface area contributed by atoms with Gasteiger partial charge in [-0.15, -0.1) is 0 Å². The third kappa shape index (κ3) is 3.16. The second kappa shape index (κ2) is 5.07. The highest BCUT2D eigenvalue weighted by molar-refractivity contribution is 4.93. The van der Waals surface area contributed by atoms with Gasteiger partial charge in [0.25, 0.3) is 0 Å². The zero-order valence-electron chi connectivity index (χ0n) is 9.09. The first kappa shape index (κ1) is 10.4. The first-order chi connectivity index (χ1) is 7.34. The Morgan fingerprint density at radius 3 is 3.00 bits per heavy atom. The summed E-state index contributed by atoms with van der Waals surface area (Å²) in [7, 11) is 2.16. The summed E-state index contributed by atoms with van der Waals surface area (Å²) >= 11 is 0. The van der Waals surface area contributed by atoms with Crippen molar-refractivity contribution in [2.24, 2.45) is 5.92 Å². The molecule has 0 radical (unpaired) electrons. The highest BCUT2D eigenvalue weighted by atomic mass is 16.5. The number of likely N-dealkylation sites (tertiary alicyclic amines) is 1. The van der Waals surface area contributed by atoms with Gasteiger partial charge >= 0.3 is 6.01 Å². The number of hydrogen-bond donors (Lipinski definition) is 0. The number of piperidine rings is 1. The van der Waals surface area contributed by atoms with Crippen LogP contribution in [0.2, 0.25) is 0 Å². The third-order valence-corrected chi connectivity index (χ3v) is 2.71. The standard InChI is InChI=1S/C11H17N3O/c1-14-7-2-4-10(8-14)9-15-11-12-5-3-6-13-11/h3,5-6,10H,2,4,7-9H2,1H3. The first-order valence-electron chi connectivity index (χ1n) is 5.43. The van der Waals surface area contributed by atoms with E-state index in [2.05, 4.69) is 21.9 Å². The maximum atomic E-state index is 5.54. The molecule has 15 heavy (non-hydrogen) atoms. The van der Waals surface area contributed by atoms with E-state index in [1.54, 1.807) is 18.5 Å². The third-order valence-electron chi connectivity index (χ3n) is 2.71. The van der Waals surface area contributed by atoms with Crippen LogP contribution in [0, 0.1) is 5.92 Å². The molecule has 0 N–H and O–H groups in total. The molecule has 4 heteroatoms. The molecular weight excluding hydrogens is 190 g/mol. The minimum Gasteiger partial charge on any atom is -0.463 e. The molecule has 0 bridgehead atoms. The number of hydrogen-bond acceptors (Lipinski definition) is 4. The fourth-order valence-corrected chi connectivity index (χ4v) is 1.96. The van der Waals surface area contributed by atoms with Crippen molar-refractivity contribution in [3.05, 3.63) is 18.5 Å². The molecule has 0 saturated carbocycles. The summed E-state index contributed by atoms with van der Waals surface area (Å²) in [4.78, 5) is 10.4. The molecule has 1 atom stereocenters. The van der Waals surface area contributed by atoms with Crippen molar-refractivity contribution in [3.8, 4) is 6.01 Å². The quantitative estimate of drug-likeness (QED) is 0.746. The molecule has 1 aromatic rings. The lowest BCUT2D eigenvalue weighted by Gasteiger charge is -2.29. The maximum absolute atomic E-state index is 5.54. The summed E-state index contributed by atoms with van der Waals surface area (Å²) in [6, 6.07) is 2.28. The van der Waals surface area contributed by atoms with Crippen molar-refractivity contribution in [3.63, 3.8) is 0 Å². The van der Waals surface area contributed by atoms with Crippen molar-refractivity contribution >= 4 is 0 Å². The fourth-order valence-electron chi connectivity index (χ4n) is 1.96. The lowest BCUT2D eigenvalue weighted by atomic mass is 10.00. The molecule has 1 unspecified atom stereocenters. The van der Waals surface area contributed by atoms with Crippen LogP contribution < -0.4 is 4.74 Å². The molecule has 1 aromatic heterocycles. The number of nitrogens with zero attached hydrogens (tertiary/aromatic N) is 3. The minimum atomic E-state index is 0.491. The van der Waals surface area contributed by atoms with E-state index in [-0.39, 0.29) is 0 Å². The lowest BCUT2D eigenvalue weighted by molar-refractivity contribution is 0.144. The van der Waals surface area contributed by atoms with Crippen LogP contribution in [0.5, 0.6) is 6.01 Å². The van der Waals surface area contributed by atoms with Crippen molar-refractivity contribution in [2.45, 2.75) is 12.8 Å². The van der Waals surface area contributed by atoms with E-state index in [9.17, 15) is 0 Å². The molecule has 2 heterocycles. The van der Waals surface area contributed by atoms with Crippen LogP contribution in [-0.2, 0) is 0 Å². The van der Waals surface area contributed by atoms with Crippen LogP contribution in [0.25, 0.3) is 0 Å². The monoisotopic (exact) mass is 207 g/mol. The molecular formula is C11H17N3O. The summed E-state index contributed by atoms with van der Waals surface area (Å²) < 4.78 is 5.54. The Morgan fingerprint density at radius 1 is 1.47 bits per heavy atom. The maximum Gasteiger partial charge on any atom is 0.316 e. The van der Waals surface area contributed by atoms with Crippen LogP contribution in [0.4, 0.5) is 0 Å². The highest BCUT2D eigenvalue weighted by Gasteiger charge is 2.17. The SMILES string of the molecule is CN1CCCC(COc2ncccn2)C1. The van der Waals surface area contributed by atoms with E-state index in [0.717, 1.165) is 13.2 Å². The molecule has 2 rings (SSSR count). The Bertz CT molecular complexity index is 291. The Kier molecular flexibility index (Phi) is 3.50. The molecule has 0 amide bonds. The fraction of sp³-hybridized carbons (Fsp3) is 0.636. The van der Waals surface area contributed by atoms with E-state index in [1.807, 2.05) is 0 Å². The van der Waals surface area contributed by atoms with Gasteiger partial charge in [-0.3, -0.25) is 0 Å². The summed E-state index contributed by atoms with van der Waals surface area (Å²) in [6.45, 7) is 3.06. The van der Waals surface area contributed by atoms with Crippen LogP contribution in [-0.4, -0.2) is 41.6 Å². The van der Waals surface area contributed by atoms with Gasteiger partial charge in [-0.1, -0.05) is 0 Å². The van der Waals surface area contributed by atoms with Gasteiger partial charge in [0.2, 0.25) is 0 Å². The average molecular weight is 207 g/mol. The Morgan fingerprint density at radius 2 is 2.27 bits per heavy atom. The zero-order chi connectivity index (χ0) is 10.5. The van der Waals surface area contributed by atoms with E-state index in [1.165, 1.54) is 19.4 Å². The second-order valence-electron chi connectivity index (χ2n) is 4.11. The van der Waals surface area contributed by atoms with Crippen molar-refractivity contribution < 1.29 is 4.74 Å². The number of ether oxygens (including phenoxy) is 1. The van der Waals surface area contributed by atoms with Gasteiger partial charge in [-0.2, -0.15) is 0 Å². The largest absolute Gasteiger partial charge is 0.463 e. The topological polar surface area (TPSA) is 38.2 Å². The van der Waals surface area contributed by atoms with Gasteiger partial charge in [0.05, 0.1) is 6.61 Å². The smallest absolute Gasteiger partial charge is 0.316 e. The summed E-state index contributed by atoms with van der Waals surface area (Å²) in [5, 5.41) is 0. The Balaban J connectivity index is 1.78. The first-order valence-corrected chi connectivity index (χ1v) is 5.43. The zero-order valence-corrected chi connectivity index (χ0v) is 9.09. The van der Waals surface area contributed by atoms with Crippen LogP contribution in [0.1, 0.15) is 12.8 Å². The minimum absolute atomic E-state index is 0.491. The summed E-state index contributed by atoms with van der Waals surface area (Å²) in [5.41, 5.74) is 0. The molecule has 1 fully saturated rings. The molecule has 0 spiro atoms. The summed E-state index contributed by atoms with van der Waals surface area (Å²) in [6.07, 6.45) is 5.92. The Labute approximate surface area is 90.3 Å². The molecule has 1 saturated heterocycles. The van der Waals surface area contributed by atoms with Gasteiger partial charge < -0.3 is 9.64 Å². The highest BCUT2D eigenvalue weighted by Crippen LogP contribution is 2.15. The van der Waals surface area contributed by atoms with Gasteiger partial charge in [-0.05, 0) is 32.5 Å². The molecule has 0 aliphatic carbocycles. The Hall–Kier alpha value is -1.16. The number of aromatic nitrogens is 2. The average Bonchev–Trinajstić information content (AvgIpc) is 2.28. The predicted octanol–water partition coefficient (Wildman–Crippen LogP) is 1.20. The van der Waals surface area contributed by atoms with Crippen LogP contribution >= 0.6 is 0 Å². The van der Waals surface area contributed by atoms with Gasteiger partial charge in [0.1, 0.15) is 0 Å². The van der Waals surface area contributed by atoms with Gasteiger partial charge in [-0.25, -0.2) is 9.97 Å². The van der Waals surface area contributed by atoms with Crippen molar-refractivity contribution in [2.75, 3.05) is 26.7 Å².